The molecule has 140 valence electrons. The molecule has 1 heterocycles. The van der Waals surface area contributed by atoms with Crippen LogP contribution in [0.2, 0.25) is 0 Å². The van der Waals surface area contributed by atoms with E-state index in [1.54, 1.807) is 30.3 Å². The van der Waals surface area contributed by atoms with Crippen LogP contribution in [0.1, 0.15) is 40.6 Å². The lowest BCUT2D eigenvalue weighted by molar-refractivity contribution is 0.101. The van der Waals surface area contributed by atoms with E-state index in [-0.39, 0.29) is 17.4 Å². The summed E-state index contributed by atoms with van der Waals surface area (Å²) in [6.07, 6.45) is 2.21. The van der Waals surface area contributed by atoms with Crippen molar-refractivity contribution in [1.82, 2.24) is 9.97 Å². The van der Waals surface area contributed by atoms with E-state index in [0.29, 0.717) is 28.9 Å². The first-order chi connectivity index (χ1) is 13.6. The van der Waals surface area contributed by atoms with Gasteiger partial charge < -0.3 is 10.6 Å². The van der Waals surface area contributed by atoms with Gasteiger partial charge in [0, 0.05) is 28.9 Å². The second-order valence-electron chi connectivity index (χ2n) is 6.83. The maximum atomic E-state index is 12.8. The molecule has 6 nitrogen and oxygen atoms in total. The normalized spacial score (nSPS) is 13.0. The molecule has 0 bridgehead atoms. The quantitative estimate of drug-likeness (QED) is 0.635. The first-order valence-corrected chi connectivity index (χ1v) is 9.22. The van der Waals surface area contributed by atoms with Crippen LogP contribution in [0.25, 0.3) is 11.4 Å². The zero-order valence-electron chi connectivity index (χ0n) is 15.5. The molecular weight excluding hydrogens is 352 g/mol. The molecule has 6 heteroatoms. The van der Waals surface area contributed by atoms with Gasteiger partial charge in [-0.2, -0.15) is 0 Å². The van der Waals surface area contributed by atoms with Gasteiger partial charge in [0.2, 0.25) is 0 Å². The largest absolute Gasteiger partial charge is 0.367 e. The van der Waals surface area contributed by atoms with Crippen LogP contribution in [0.15, 0.2) is 60.7 Å². The van der Waals surface area contributed by atoms with E-state index in [0.717, 1.165) is 18.4 Å². The van der Waals surface area contributed by atoms with Crippen LogP contribution in [0.4, 0.5) is 11.5 Å². The summed E-state index contributed by atoms with van der Waals surface area (Å²) in [5.41, 5.74) is 2.34. The summed E-state index contributed by atoms with van der Waals surface area (Å²) >= 11 is 0. The van der Waals surface area contributed by atoms with Gasteiger partial charge in [-0.25, -0.2) is 9.97 Å². The number of hydrogen-bond acceptors (Lipinski definition) is 5. The molecule has 2 aromatic carbocycles. The number of carbonyl (C=O) groups is 2. The molecule has 28 heavy (non-hydrogen) atoms. The lowest BCUT2D eigenvalue weighted by atomic mass is 10.1. The van der Waals surface area contributed by atoms with Crippen LogP contribution in [0, 0.1) is 0 Å². The molecular formula is C22H20N4O2. The molecule has 0 saturated heterocycles. The zero-order chi connectivity index (χ0) is 19.5. The minimum absolute atomic E-state index is 0.0167. The van der Waals surface area contributed by atoms with Crippen molar-refractivity contribution in [3.8, 4) is 11.4 Å². The summed E-state index contributed by atoms with van der Waals surface area (Å²) in [4.78, 5) is 33.2. The highest BCUT2D eigenvalue weighted by molar-refractivity contribution is 6.04. The fourth-order valence-corrected chi connectivity index (χ4v) is 2.77. The standard InChI is InChI=1S/C22H20N4O2/c1-14(27)15-7-9-18(10-8-15)24-22(28)19-13-20(23-17-11-12-17)26-21(25-19)16-5-3-2-4-6-16/h2-10,13,17H,11-12H2,1H3,(H,24,28)(H,23,25,26). The number of amides is 1. The van der Waals surface area contributed by atoms with Crippen molar-refractivity contribution in [1.29, 1.82) is 0 Å². The Morgan fingerprint density at radius 3 is 2.32 bits per heavy atom. The van der Waals surface area contributed by atoms with Gasteiger partial charge in [0.25, 0.3) is 5.91 Å². The molecule has 1 amide bonds. The molecule has 0 aliphatic heterocycles. The molecule has 0 atom stereocenters. The molecule has 0 radical (unpaired) electrons. The topological polar surface area (TPSA) is 84.0 Å². The molecule has 1 aromatic heterocycles. The first kappa shape index (κ1) is 17.9. The van der Waals surface area contributed by atoms with Gasteiger partial charge >= 0.3 is 0 Å². The summed E-state index contributed by atoms with van der Waals surface area (Å²) in [6, 6.07) is 18.4. The Morgan fingerprint density at radius 1 is 0.964 bits per heavy atom. The highest BCUT2D eigenvalue weighted by Gasteiger charge is 2.23. The highest BCUT2D eigenvalue weighted by atomic mass is 16.2. The number of nitrogens with one attached hydrogen (secondary N) is 2. The van der Waals surface area contributed by atoms with Gasteiger partial charge in [0.05, 0.1) is 0 Å². The third kappa shape index (κ3) is 4.23. The van der Waals surface area contributed by atoms with E-state index < -0.39 is 0 Å². The monoisotopic (exact) mass is 372 g/mol. The summed E-state index contributed by atoms with van der Waals surface area (Å²) in [5.74, 6) is 0.808. The van der Waals surface area contributed by atoms with Crippen molar-refractivity contribution in [3.05, 3.63) is 71.9 Å². The Labute approximate surface area is 163 Å². The average Bonchev–Trinajstić information content (AvgIpc) is 3.53. The highest BCUT2D eigenvalue weighted by Crippen LogP contribution is 2.26. The minimum Gasteiger partial charge on any atom is -0.367 e. The summed E-state index contributed by atoms with van der Waals surface area (Å²) in [5, 5.41) is 6.17. The second kappa shape index (κ2) is 7.60. The summed E-state index contributed by atoms with van der Waals surface area (Å²) in [6.45, 7) is 1.51. The predicted molar refractivity (Wildman–Crippen MR) is 109 cm³/mol. The van der Waals surface area contributed by atoms with E-state index in [4.69, 9.17) is 0 Å². The van der Waals surface area contributed by atoms with Crippen molar-refractivity contribution in [3.63, 3.8) is 0 Å². The Hall–Kier alpha value is -3.54. The molecule has 4 rings (SSSR count). The third-order valence-corrected chi connectivity index (χ3v) is 4.47. The Bertz CT molecular complexity index is 1010. The number of carbonyl (C=O) groups excluding carboxylic acids is 2. The lowest BCUT2D eigenvalue weighted by Crippen LogP contribution is -2.16. The molecule has 2 N–H and O–H groups in total. The molecule has 1 aliphatic carbocycles. The molecule has 1 fully saturated rings. The van der Waals surface area contributed by atoms with Gasteiger partial charge in [0.15, 0.2) is 11.6 Å². The number of hydrogen-bond donors (Lipinski definition) is 2. The third-order valence-electron chi connectivity index (χ3n) is 4.47. The smallest absolute Gasteiger partial charge is 0.274 e. The van der Waals surface area contributed by atoms with Gasteiger partial charge in [-0.1, -0.05) is 30.3 Å². The van der Waals surface area contributed by atoms with E-state index in [1.165, 1.54) is 6.92 Å². The number of anilines is 2. The first-order valence-electron chi connectivity index (χ1n) is 9.22. The van der Waals surface area contributed by atoms with E-state index in [9.17, 15) is 9.59 Å². The SMILES string of the molecule is CC(=O)c1ccc(NC(=O)c2cc(NC3CC3)nc(-c3ccccc3)n2)cc1. The predicted octanol–water partition coefficient (Wildman–Crippen LogP) is 4.17. The number of aromatic nitrogens is 2. The number of benzene rings is 2. The van der Waals surface area contributed by atoms with Crippen LogP contribution in [0.5, 0.6) is 0 Å². The maximum Gasteiger partial charge on any atom is 0.274 e. The second-order valence-corrected chi connectivity index (χ2v) is 6.83. The molecule has 1 aliphatic rings. The van der Waals surface area contributed by atoms with Crippen molar-refractivity contribution in [2.45, 2.75) is 25.8 Å². The van der Waals surface area contributed by atoms with E-state index >= 15 is 0 Å². The van der Waals surface area contributed by atoms with E-state index in [2.05, 4.69) is 20.6 Å². The minimum atomic E-state index is -0.325. The fraction of sp³-hybridized carbons (Fsp3) is 0.182. The zero-order valence-corrected chi connectivity index (χ0v) is 15.5. The number of ketones is 1. The van der Waals surface area contributed by atoms with Crippen LogP contribution in [-0.2, 0) is 0 Å². The van der Waals surface area contributed by atoms with E-state index in [1.807, 2.05) is 30.3 Å². The van der Waals surface area contributed by atoms with Gasteiger partial charge in [-0.15, -0.1) is 0 Å². The Morgan fingerprint density at radius 2 is 1.68 bits per heavy atom. The Kier molecular flexibility index (Phi) is 4.85. The van der Waals surface area contributed by atoms with Crippen LogP contribution < -0.4 is 10.6 Å². The van der Waals surface area contributed by atoms with Gasteiger partial charge in [-0.05, 0) is 44.0 Å². The van der Waals surface area contributed by atoms with Crippen LogP contribution in [0.3, 0.4) is 0 Å². The molecule has 1 saturated carbocycles. The number of nitrogens with zero attached hydrogens (tertiary/aromatic N) is 2. The van der Waals surface area contributed by atoms with Crippen molar-refractivity contribution in [2.75, 3.05) is 10.6 Å². The average molecular weight is 372 g/mol. The summed E-state index contributed by atoms with van der Waals surface area (Å²) in [7, 11) is 0. The van der Waals surface area contributed by atoms with Gasteiger partial charge in [-0.3, -0.25) is 9.59 Å². The fourth-order valence-electron chi connectivity index (χ4n) is 2.77. The van der Waals surface area contributed by atoms with Crippen molar-refractivity contribution < 1.29 is 9.59 Å². The van der Waals surface area contributed by atoms with Crippen molar-refractivity contribution >= 4 is 23.2 Å². The van der Waals surface area contributed by atoms with Crippen LogP contribution in [-0.4, -0.2) is 27.7 Å². The number of Topliss-reactive ketones (excluding diaryl/α,β-unsaturated/α-hetero) is 1. The maximum absolute atomic E-state index is 12.8. The summed E-state index contributed by atoms with van der Waals surface area (Å²) < 4.78 is 0. The molecule has 0 unspecified atom stereocenters. The van der Waals surface area contributed by atoms with Crippen LogP contribution >= 0.6 is 0 Å². The lowest BCUT2D eigenvalue weighted by Gasteiger charge is -2.10. The molecule has 0 spiro atoms. The van der Waals surface area contributed by atoms with Gasteiger partial charge in [0.1, 0.15) is 11.5 Å². The number of rotatable bonds is 6. The Balaban J connectivity index is 1.61. The van der Waals surface area contributed by atoms with Crippen molar-refractivity contribution in [2.24, 2.45) is 0 Å². The molecule has 3 aromatic rings.